The molecule has 2 heterocycles. The van der Waals surface area contributed by atoms with Crippen molar-refractivity contribution in [2.45, 2.75) is 38.5 Å². The van der Waals surface area contributed by atoms with Crippen molar-refractivity contribution in [2.75, 3.05) is 10.6 Å². The Kier molecular flexibility index (Phi) is 5.01. The Morgan fingerprint density at radius 1 is 1.10 bits per heavy atom. The summed E-state index contributed by atoms with van der Waals surface area (Å²) in [6, 6.07) is 13.4. The van der Waals surface area contributed by atoms with Crippen molar-refractivity contribution in [1.29, 1.82) is 0 Å². The summed E-state index contributed by atoms with van der Waals surface area (Å²) in [6.07, 6.45) is -4.70. The minimum atomic E-state index is -4.49. The van der Waals surface area contributed by atoms with Crippen molar-refractivity contribution in [1.82, 2.24) is 9.78 Å². The van der Waals surface area contributed by atoms with Crippen LogP contribution in [-0.4, -0.2) is 21.9 Å². The van der Waals surface area contributed by atoms with Gasteiger partial charge in [0.1, 0.15) is 5.82 Å². The maximum atomic E-state index is 13.8. The second-order valence-corrected chi connectivity index (χ2v) is 7.51. The molecule has 0 radical (unpaired) electrons. The van der Waals surface area contributed by atoms with Gasteiger partial charge in [0.25, 0.3) is 5.91 Å². The van der Waals surface area contributed by atoms with Gasteiger partial charge < -0.3 is 10.6 Å². The Morgan fingerprint density at radius 3 is 2.50 bits per heavy atom. The molecule has 2 atom stereocenters. The molecule has 0 fully saturated rings. The normalized spacial score (nSPS) is 18.4. The summed E-state index contributed by atoms with van der Waals surface area (Å²) in [4.78, 5) is 12.6. The predicted octanol–water partition coefficient (Wildman–Crippen LogP) is 5.41. The quantitative estimate of drug-likeness (QED) is 0.602. The Hall–Kier alpha value is -3.29. The largest absolute Gasteiger partial charge is 0.410 e. The van der Waals surface area contributed by atoms with E-state index in [-0.39, 0.29) is 17.9 Å². The van der Waals surface area contributed by atoms with E-state index in [1.165, 1.54) is 6.07 Å². The van der Waals surface area contributed by atoms with Crippen LogP contribution in [-0.2, 0) is 0 Å². The third-order valence-corrected chi connectivity index (χ3v) is 5.39. The summed E-state index contributed by atoms with van der Waals surface area (Å²) in [6.45, 7) is 3.87. The molecule has 0 bridgehead atoms. The molecule has 0 aliphatic carbocycles. The topological polar surface area (TPSA) is 59.0 Å². The highest BCUT2D eigenvalue weighted by Crippen LogP contribution is 2.43. The average molecular weight is 414 g/mol. The van der Waals surface area contributed by atoms with Crippen molar-refractivity contribution in [3.63, 3.8) is 0 Å². The van der Waals surface area contributed by atoms with Crippen molar-refractivity contribution >= 4 is 17.4 Å². The smallest absolute Gasteiger partial charge is 0.363 e. The lowest BCUT2D eigenvalue weighted by Crippen LogP contribution is -2.35. The maximum Gasteiger partial charge on any atom is 0.410 e. The number of hydrogen-bond acceptors (Lipinski definition) is 3. The minimum absolute atomic E-state index is 0.0707. The number of hydrogen-bond donors (Lipinski definition) is 2. The van der Waals surface area contributed by atoms with E-state index in [2.05, 4.69) is 15.7 Å². The fourth-order valence-corrected chi connectivity index (χ4v) is 3.60. The molecule has 1 aliphatic rings. The first-order chi connectivity index (χ1) is 14.2. The number of benzene rings is 2. The molecule has 30 heavy (non-hydrogen) atoms. The van der Waals surface area contributed by atoms with Crippen LogP contribution < -0.4 is 10.6 Å². The first-order valence-electron chi connectivity index (χ1n) is 9.59. The fraction of sp³-hybridized carbons (Fsp3) is 0.273. The first-order valence-corrected chi connectivity index (χ1v) is 9.59. The fourth-order valence-electron chi connectivity index (χ4n) is 3.60. The van der Waals surface area contributed by atoms with Gasteiger partial charge in [-0.3, -0.25) is 4.79 Å². The lowest BCUT2D eigenvalue weighted by molar-refractivity contribution is -0.173. The molecule has 2 aromatic carbocycles. The molecule has 0 saturated heterocycles. The van der Waals surface area contributed by atoms with Crippen LogP contribution >= 0.6 is 0 Å². The van der Waals surface area contributed by atoms with E-state index in [1.807, 2.05) is 32.0 Å². The average Bonchev–Trinajstić information content (AvgIpc) is 3.14. The number of carbonyl (C=O) groups is 1. The summed E-state index contributed by atoms with van der Waals surface area (Å²) in [7, 11) is 0. The van der Waals surface area contributed by atoms with Crippen LogP contribution in [0, 0.1) is 13.8 Å². The molecule has 4 rings (SSSR count). The lowest BCUT2D eigenvalue weighted by atomic mass is 9.97. The van der Waals surface area contributed by atoms with Gasteiger partial charge >= 0.3 is 6.18 Å². The summed E-state index contributed by atoms with van der Waals surface area (Å²) in [5, 5.41) is 9.78. The Balaban J connectivity index is 1.63. The molecule has 0 unspecified atom stereocenters. The zero-order valence-corrected chi connectivity index (χ0v) is 16.5. The van der Waals surface area contributed by atoms with Crippen LogP contribution in [0.2, 0.25) is 0 Å². The van der Waals surface area contributed by atoms with E-state index in [9.17, 15) is 18.0 Å². The lowest BCUT2D eigenvalue weighted by Gasteiger charge is -2.33. The van der Waals surface area contributed by atoms with E-state index in [1.54, 1.807) is 30.3 Å². The van der Waals surface area contributed by atoms with Crippen molar-refractivity contribution < 1.29 is 18.0 Å². The highest BCUT2D eigenvalue weighted by atomic mass is 19.4. The number of rotatable bonds is 3. The third kappa shape index (κ3) is 3.90. The highest BCUT2D eigenvalue weighted by molar-refractivity contribution is 6.03. The van der Waals surface area contributed by atoms with Gasteiger partial charge in [0.2, 0.25) is 0 Å². The van der Waals surface area contributed by atoms with Crippen LogP contribution in [0.4, 0.5) is 24.7 Å². The molecular formula is C22H21F3N4O. The molecule has 1 aliphatic heterocycles. The van der Waals surface area contributed by atoms with Gasteiger partial charge in [0, 0.05) is 18.2 Å². The Bertz CT molecular complexity index is 1080. The Labute approximate surface area is 171 Å². The number of amides is 1. The van der Waals surface area contributed by atoms with Crippen molar-refractivity contribution in [2.24, 2.45) is 0 Å². The molecule has 1 amide bonds. The van der Waals surface area contributed by atoms with Crippen LogP contribution in [0.15, 0.2) is 54.6 Å². The number of aryl methyl sites for hydroxylation is 2. The van der Waals surface area contributed by atoms with Gasteiger partial charge in [0.05, 0.1) is 6.04 Å². The molecule has 2 N–H and O–H groups in total. The number of halogens is 3. The zero-order valence-electron chi connectivity index (χ0n) is 16.5. The Morgan fingerprint density at radius 2 is 1.83 bits per heavy atom. The van der Waals surface area contributed by atoms with Crippen LogP contribution in [0.3, 0.4) is 0 Å². The number of alkyl halides is 3. The van der Waals surface area contributed by atoms with Crippen LogP contribution in [0.25, 0.3) is 0 Å². The van der Waals surface area contributed by atoms with Gasteiger partial charge in [-0.2, -0.15) is 18.3 Å². The van der Waals surface area contributed by atoms with Gasteiger partial charge in [-0.25, -0.2) is 4.68 Å². The number of nitrogens with one attached hydrogen (secondary N) is 2. The second kappa shape index (κ2) is 7.51. The molecule has 5 nitrogen and oxygen atoms in total. The summed E-state index contributed by atoms with van der Waals surface area (Å²) >= 11 is 0. The van der Waals surface area contributed by atoms with E-state index in [0.717, 1.165) is 21.4 Å². The van der Waals surface area contributed by atoms with Crippen LogP contribution in [0.5, 0.6) is 0 Å². The van der Waals surface area contributed by atoms with Gasteiger partial charge in [-0.1, -0.05) is 36.4 Å². The predicted molar refractivity (Wildman–Crippen MR) is 109 cm³/mol. The SMILES string of the molecule is Cc1ccc(NC(=O)c2cc3n(n2)[C@H](C(F)(F)F)C[C@H](c2ccccc2)N3)cc1C. The van der Waals surface area contributed by atoms with Gasteiger partial charge in [-0.05, 0) is 42.7 Å². The molecule has 0 spiro atoms. The third-order valence-electron chi connectivity index (χ3n) is 5.39. The number of carbonyl (C=O) groups excluding carboxylic acids is 1. The van der Waals surface area contributed by atoms with Gasteiger partial charge in [-0.15, -0.1) is 0 Å². The first kappa shape index (κ1) is 20.0. The molecule has 1 aromatic heterocycles. The summed E-state index contributed by atoms with van der Waals surface area (Å²) < 4.78 is 42.1. The number of anilines is 2. The summed E-state index contributed by atoms with van der Waals surface area (Å²) in [5.74, 6) is -0.387. The number of aromatic nitrogens is 2. The number of nitrogens with zero attached hydrogens (tertiary/aromatic N) is 2. The zero-order chi connectivity index (χ0) is 21.5. The molecular weight excluding hydrogens is 393 g/mol. The van der Waals surface area contributed by atoms with Crippen LogP contribution in [0.1, 0.15) is 45.7 Å². The van der Waals surface area contributed by atoms with Gasteiger partial charge in [0.15, 0.2) is 11.7 Å². The van der Waals surface area contributed by atoms with E-state index in [4.69, 9.17) is 0 Å². The maximum absolute atomic E-state index is 13.8. The highest BCUT2D eigenvalue weighted by Gasteiger charge is 2.46. The van der Waals surface area contributed by atoms with Crippen molar-refractivity contribution in [3.8, 4) is 0 Å². The second-order valence-electron chi connectivity index (χ2n) is 7.51. The molecule has 156 valence electrons. The molecule has 3 aromatic rings. The summed E-state index contributed by atoms with van der Waals surface area (Å²) in [5.41, 5.74) is 3.33. The van der Waals surface area contributed by atoms with E-state index < -0.39 is 24.2 Å². The number of fused-ring (bicyclic) bond motifs is 1. The van der Waals surface area contributed by atoms with Crippen molar-refractivity contribution in [3.05, 3.63) is 77.0 Å². The molecule has 0 saturated carbocycles. The monoisotopic (exact) mass is 414 g/mol. The van der Waals surface area contributed by atoms with E-state index in [0.29, 0.717) is 5.69 Å². The standard InChI is InChI=1S/C22H21F3N4O/c1-13-8-9-16(10-14(13)2)26-21(30)18-12-20-27-17(15-6-4-3-5-7-15)11-19(22(23,24)25)29(20)28-18/h3-10,12,17,19,27H,11H2,1-2H3,(H,26,30)/t17-,19+/m1/s1. The minimum Gasteiger partial charge on any atom is -0.363 e. The van der Waals surface area contributed by atoms with E-state index >= 15 is 0 Å². The molecule has 8 heteroatoms.